The second kappa shape index (κ2) is 16.1. The van der Waals surface area contributed by atoms with E-state index in [4.69, 9.17) is 9.72 Å². The second-order valence-electron chi connectivity index (χ2n) is 16.8. The van der Waals surface area contributed by atoms with E-state index in [1.807, 2.05) is 48.8 Å². The van der Waals surface area contributed by atoms with E-state index in [9.17, 15) is 0 Å². The van der Waals surface area contributed by atoms with Crippen molar-refractivity contribution >= 4 is 32.8 Å². The van der Waals surface area contributed by atoms with Crippen molar-refractivity contribution < 1.29 is 24.1 Å². The first-order valence-corrected chi connectivity index (χ1v) is 22.5. The molecule has 64 heavy (non-hydrogen) atoms. The smallest absolute Gasteiger partial charge is 0.256 e. The van der Waals surface area contributed by atoms with Crippen LogP contribution in [0.5, 0.6) is 11.5 Å². The summed E-state index contributed by atoms with van der Waals surface area (Å²) in [5.41, 5.74) is 13.5. The Bertz CT molecular complexity index is 3530. The molecule has 0 atom stereocenters. The number of aromatic nitrogens is 5. The summed E-state index contributed by atoms with van der Waals surface area (Å²) in [4.78, 5) is 9.76. The topological polar surface area (TPSA) is 49.8 Å². The van der Waals surface area contributed by atoms with Crippen LogP contribution in [-0.4, -0.2) is 23.7 Å². The van der Waals surface area contributed by atoms with Crippen LogP contribution < -0.4 is 4.74 Å². The van der Waals surface area contributed by atoms with Crippen molar-refractivity contribution in [2.45, 2.75) is 26.2 Å². The second-order valence-corrected chi connectivity index (χ2v) is 17.8. The number of rotatable bonds is 8. The molecule has 0 spiro atoms. The monoisotopic (exact) mass is 1010 g/mol. The van der Waals surface area contributed by atoms with E-state index < -0.39 is 0 Å². The van der Waals surface area contributed by atoms with Crippen LogP contribution in [0.3, 0.4) is 0 Å². The number of nitrogens with zero attached hydrogens (tertiary/aromatic N) is 5. The number of fused-ring (bicyclic) bond motifs is 4. The van der Waals surface area contributed by atoms with Crippen LogP contribution in [0.4, 0.5) is 0 Å². The van der Waals surface area contributed by atoms with Crippen molar-refractivity contribution in [2.24, 2.45) is 0 Å². The fourth-order valence-electron chi connectivity index (χ4n) is 8.87. The van der Waals surface area contributed by atoms with Gasteiger partial charge in [-0.1, -0.05) is 39.0 Å². The van der Waals surface area contributed by atoms with E-state index in [1.54, 1.807) is 0 Å². The summed E-state index contributed by atoms with van der Waals surface area (Å²) in [6.07, 6.45) is 3.79. The van der Waals surface area contributed by atoms with Gasteiger partial charge in [-0.2, -0.15) is 0 Å². The van der Waals surface area contributed by atoms with E-state index in [0.29, 0.717) is 11.5 Å². The fraction of sp³-hybridized carbons (Fsp3) is 0.0702. The Kier molecular flexibility index (Phi) is 9.90. The molecule has 0 unspecified atom stereocenters. The number of benzene rings is 7. The van der Waals surface area contributed by atoms with Gasteiger partial charge in [0.15, 0.2) is 0 Å². The Labute approximate surface area is 382 Å². The standard InChI is InChI=1S/C57H41N5O.Pt/c1-57(2,3)49-36-55(59-37-48(49)50-27-14-15-33-58-50)62-51-28-11-10-24-46(51)47-32-31-43(35-54(47)62)63-42-23-16-22-41(34-42)60-38-61(53-30-13-12-29-52(53)60)56-44(39-18-6-4-7-19-39)25-17-26-45(56)40-20-8-5-9-21-40;/h4-33,36-37H,1-3H3;/q-2;. The van der Waals surface area contributed by atoms with Gasteiger partial charge in [-0.15, -0.1) is 0 Å². The molecule has 0 N–H and O–H groups in total. The van der Waals surface area contributed by atoms with Crippen molar-refractivity contribution in [1.29, 1.82) is 0 Å². The van der Waals surface area contributed by atoms with Crippen LogP contribution >= 0.6 is 0 Å². The van der Waals surface area contributed by atoms with Gasteiger partial charge >= 0.3 is 294 Å². The van der Waals surface area contributed by atoms with Gasteiger partial charge in [-0.3, -0.25) is 4.98 Å². The molecule has 0 bridgehead atoms. The summed E-state index contributed by atoms with van der Waals surface area (Å²) in [6, 6.07) is 70.6. The Balaban J connectivity index is 1.03. The molecule has 0 radical (unpaired) electrons. The maximum absolute atomic E-state index is 6.71. The molecule has 0 fully saturated rings. The van der Waals surface area contributed by atoms with Crippen molar-refractivity contribution in [1.82, 2.24) is 23.7 Å². The zero-order valence-corrected chi connectivity index (χ0v) is 37.7. The Morgan fingerprint density at radius 1 is 0.516 bits per heavy atom. The number of hydrogen-bond donors (Lipinski definition) is 0. The molecular formula is C57H41N5OPt-2. The van der Waals surface area contributed by atoms with Crippen LogP contribution in [0.25, 0.3) is 83.5 Å². The minimum absolute atomic E-state index is 0.167. The van der Waals surface area contributed by atoms with Crippen molar-refractivity contribution in [3.63, 3.8) is 0 Å². The molecule has 0 saturated carbocycles. The van der Waals surface area contributed by atoms with Gasteiger partial charge in [0.05, 0.1) is 5.69 Å². The minimum atomic E-state index is -0.167. The van der Waals surface area contributed by atoms with Crippen LogP contribution in [0.15, 0.2) is 194 Å². The Morgan fingerprint density at radius 2 is 1.14 bits per heavy atom. The van der Waals surface area contributed by atoms with Crippen LogP contribution in [0.1, 0.15) is 26.3 Å². The van der Waals surface area contributed by atoms with Gasteiger partial charge < -0.3 is 0 Å². The number of imidazole rings is 1. The van der Waals surface area contributed by atoms with E-state index >= 15 is 0 Å². The Hall–Kier alpha value is -7.40. The molecule has 4 aromatic heterocycles. The zero-order valence-electron chi connectivity index (χ0n) is 35.4. The molecule has 4 heterocycles. The van der Waals surface area contributed by atoms with Gasteiger partial charge in [-0.05, 0) is 23.1 Å². The normalized spacial score (nSPS) is 11.8. The molecule has 0 saturated heterocycles. The SMILES string of the molecule is CC(C)(C)c1cc(-n2c3[c-]c(Oc4[c-]c(-n5[c](=[Pt])n(-c6c(-c7ccccc7)cccc6-c6ccccc6)c6ccccc65)ccc4)ccc3c3ccccc32)ncc1-c1ccccn1. The van der Waals surface area contributed by atoms with Crippen molar-refractivity contribution in [3.05, 3.63) is 216 Å². The molecule has 0 amide bonds. The summed E-state index contributed by atoms with van der Waals surface area (Å²) in [7, 11) is 0. The zero-order chi connectivity index (χ0) is 43.4. The third kappa shape index (κ3) is 6.92. The third-order valence-electron chi connectivity index (χ3n) is 11.8. The van der Waals surface area contributed by atoms with Crippen LogP contribution in [-0.2, 0) is 24.8 Å². The molecule has 11 rings (SSSR count). The summed E-state index contributed by atoms with van der Waals surface area (Å²) in [5, 5.41) is 2.19. The first-order chi connectivity index (χ1) is 31.3. The number of pyridine rings is 2. The predicted molar refractivity (Wildman–Crippen MR) is 255 cm³/mol. The molecular weight excluding hydrogens is 966 g/mol. The van der Waals surface area contributed by atoms with Crippen LogP contribution in [0.2, 0.25) is 0 Å². The number of hydrogen-bond acceptors (Lipinski definition) is 3. The van der Waals surface area contributed by atoms with E-state index in [1.165, 1.54) is 0 Å². The van der Waals surface area contributed by atoms with Crippen molar-refractivity contribution in [3.8, 4) is 62.2 Å². The third-order valence-corrected chi connectivity index (χ3v) is 12.8. The molecule has 7 heteroatoms. The first kappa shape index (κ1) is 39.4. The first-order valence-electron chi connectivity index (χ1n) is 21.3. The van der Waals surface area contributed by atoms with Gasteiger partial charge in [-0.25, -0.2) is 0 Å². The molecule has 11 aromatic rings. The molecule has 312 valence electrons. The molecule has 0 aliphatic carbocycles. The molecule has 7 aromatic carbocycles. The average Bonchev–Trinajstić information content (AvgIpc) is 3.82. The number of para-hydroxylation sites is 4. The maximum atomic E-state index is 6.71. The summed E-state index contributed by atoms with van der Waals surface area (Å²) < 4.78 is 14.6. The average molecular weight is 1010 g/mol. The van der Waals surface area contributed by atoms with Gasteiger partial charge in [0.1, 0.15) is 0 Å². The van der Waals surface area contributed by atoms with E-state index in [0.717, 1.165) is 92.9 Å². The minimum Gasteiger partial charge on any atom is -0.256 e. The van der Waals surface area contributed by atoms with E-state index in [-0.39, 0.29) is 5.41 Å². The fourth-order valence-corrected chi connectivity index (χ4v) is 9.94. The van der Waals surface area contributed by atoms with Gasteiger partial charge in [0.2, 0.25) is 0 Å². The number of ether oxygens (including phenoxy) is 1. The van der Waals surface area contributed by atoms with Gasteiger partial charge in [0, 0.05) is 18.0 Å². The summed E-state index contributed by atoms with van der Waals surface area (Å²) in [6.45, 7) is 6.70. The molecule has 6 nitrogen and oxygen atoms in total. The van der Waals surface area contributed by atoms with Crippen molar-refractivity contribution in [2.75, 3.05) is 0 Å². The summed E-state index contributed by atoms with van der Waals surface area (Å²) >= 11 is 2.47. The van der Waals surface area contributed by atoms with E-state index in [2.05, 4.69) is 217 Å². The molecule has 0 aliphatic rings. The van der Waals surface area contributed by atoms with Crippen LogP contribution in [0, 0.1) is 15.9 Å². The predicted octanol–water partition coefficient (Wildman–Crippen LogP) is 14.1. The Morgan fingerprint density at radius 3 is 1.83 bits per heavy atom. The molecule has 0 aliphatic heterocycles. The quantitative estimate of drug-likeness (QED) is 0.143. The van der Waals surface area contributed by atoms with Gasteiger partial charge in [0.25, 0.3) is 0 Å². The summed E-state index contributed by atoms with van der Waals surface area (Å²) in [5.74, 6) is 1.97.